The number of carbonyl (C=O) groups is 1. The Morgan fingerprint density at radius 3 is 2.51 bits per heavy atom. The fourth-order valence-electron chi connectivity index (χ4n) is 3.30. The van der Waals surface area contributed by atoms with Crippen LogP contribution in [-0.4, -0.2) is 39.2 Å². The molecule has 0 saturated heterocycles. The Hall–Kier alpha value is -3.43. The van der Waals surface area contributed by atoms with Crippen LogP contribution in [0, 0.1) is 6.92 Å². The van der Waals surface area contributed by atoms with Crippen LogP contribution in [-0.2, 0) is 4.79 Å². The lowest BCUT2D eigenvalue weighted by Crippen LogP contribution is -2.21. The van der Waals surface area contributed by atoms with Crippen LogP contribution in [0.25, 0.3) is 17.1 Å². The molecule has 1 aromatic heterocycles. The fourth-order valence-corrected chi connectivity index (χ4v) is 4.45. The number of halogens is 1. The first-order valence-corrected chi connectivity index (χ1v) is 12.6. The molecule has 178 valence electrons. The lowest BCUT2D eigenvalue weighted by Gasteiger charge is -2.11. The van der Waals surface area contributed by atoms with E-state index in [1.165, 1.54) is 11.8 Å². The lowest BCUT2D eigenvalue weighted by atomic mass is 10.1. The lowest BCUT2D eigenvalue weighted by molar-refractivity contribution is -0.118. The zero-order valence-electron chi connectivity index (χ0n) is 19.5. The Kier molecular flexibility index (Phi) is 7.99. The molecule has 0 fully saturated rings. The molecule has 0 atom stereocenters. The van der Waals surface area contributed by atoms with Gasteiger partial charge in [0.25, 0.3) is 5.91 Å². The minimum atomic E-state index is -0.231. The second kappa shape index (κ2) is 11.3. The van der Waals surface area contributed by atoms with Gasteiger partial charge in [-0.05, 0) is 55.8 Å². The molecule has 4 aromatic rings. The quantitative estimate of drug-likeness (QED) is 0.174. The van der Waals surface area contributed by atoms with Crippen molar-refractivity contribution in [1.82, 2.24) is 20.2 Å². The van der Waals surface area contributed by atoms with Gasteiger partial charge in [-0.1, -0.05) is 69.7 Å². The highest BCUT2D eigenvalue weighted by atomic mass is 79.9. The molecule has 1 heterocycles. The molecule has 0 saturated carbocycles. The minimum absolute atomic E-state index is 0.136. The third-order valence-electron chi connectivity index (χ3n) is 5.20. The van der Waals surface area contributed by atoms with Gasteiger partial charge in [0.1, 0.15) is 5.75 Å². The molecule has 0 aliphatic heterocycles. The molecule has 0 aliphatic carbocycles. The number of rotatable bonds is 8. The summed E-state index contributed by atoms with van der Waals surface area (Å²) in [6.07, 6.45) is 0. The molecule has 0 radical (unpaired) electrons. The highest BCUT2D eigenvalue weighted by molar-refractivity contribution is 9.10. The van der Waals surface area contributed by atoms with Gasteiger partial charge in [-0.15, -0.1) is 10.2 Å². The number of methoxy groups -OCH3 is 1. The van der Waals surface area contributed by atoms with Crippen molar-refractivity contribution < 1.29 is 9.53 Å². The number of aromatic nitrogens is 3. The maximum atomic E-state index is 12.5. The highest BCUT2D eigenvalue weighted by Gasteiger charge is 2.17. The van der Waals surface area contributed by atoms with E-state index in [1.807, 2.05) is 91.2 Å². The van der Waals surface area contributed by atoms with E-state index in [0.717, 1.165) is 32.6 Å². The second-order valence-electron chi connectivity index (χ2n) is 7.74. The van der Waals surface area contributed by atoms with E-state index in [-0.39, 0.29) is 11.7 Å². The number of thioether (sulfide) groups is 1. The number of benzene rings is 3. The first kappa shape index (κ1) is 24.7. The summed E-state index contributed by atoms with van der Waals surface area (Å²) in [4.78, 5) is 12.5. The Labute approximate surface area is 216 Å². The Morgan fingerprint density at radius 1 is 1.09 bits per heavy atom. The fraction of sp³-hybridized carbons (Fsp3) is 0.154. The maximum Gasteiger partial charge on any atom is 0.250 e. The van der Waals surface area contributed by atoms with Crippen LogP contribution in [0.2, 0.25) is 0 Å². The zero-order chi connectivity index (χ0) is 24.8. The number of hydrazone groups is 1. The summed E-state index contributed by atoms with van der Waals surface area (Å²) in [5.74, 6) is 1.36. The second-order valence-corrected chi connectivity index (χ2v) is 9.60. The first-order chi connectivity index (χ1) is 16.9. The van der Waals surface area contributed by atoms with Gasteiger partial charge in [0.15, 0.2) is 11.0 Å². The van der Waals surface area contributed by atoms with Crippen LogP contribution in [0.15, 0.2) is 87.5 Å². The van der Waals surface area contributed by atoms with E-state index in [2.05, 4.69) is 36.7 Å². The van der Waals surface area contributed by atoms with E-state index in [4.69, 9.17) is 4.74 Å². The van der Waals surface area contributed by atoms with Gasteiger partial charge in [0.05, 0.1) is 18.6 Å². The van der Waals surface area contributed by atoms with Crippen molar-refractivity contribution in [2.45, 2.75) is 19.0 Å². The van der Waals surface area contributed by atoms with Gasteiger partial charge in [-0.25, -0.2) is 5.43 Å². The zero-order valence-corrected chi connectivity index (χ0v) is 21.9. The molecule has 35 heavy (non-hydrogen) atoms. The molecule has 9 heteroatoms. The van der Waals surface area contributed by atoms with Crippen molar-refractivity contribution in [3.8, 4) is 22.8 Å². The van der Waals surface area contributed by atoms with E-state index < -0.39 is 0 Å². The summed E-state index contributed by atoms with van der Waals surface area (Å²) in [5, 5.41) is 13.7. The van der Waals surface area contributed by atoms with Crippen LogP contribution >= 0.6 is 27.7 Å². The van der Waals surface area contributed by atoms with Gasteiger partial charge in [-0.2, -0.15) is 5.10 Å². The van der Waals surface area contributed by atoms with Crippen molar-refractivity contribution in [3.05, 3.63) is 88.4 Å². The van der Waals surface area contributed by atoms with E-state index in [0.29, 0.717) is 16.7 Å². The first-order valence-electron chi connectivity index (χ1n) is 10.8. The number of carbonyl (C=O) groups excluding carboxylic acids is 1. The molecule has 1 N–H and O–H groups in total. The molecular weight excluding hydrogens is 526 g/mol. The van der Waals surface area contributed by atoms with E-state index >= 15 is 0 Å². The molecule has 0 spiro atoms. The summed E-state index contributed by atoms with van der Waals surface area (Å²) in [6.45, 7) is 3.89. The average molecular weight is 550 g/mol. The third-order valence-corrected chi connectivity index (χ3v) is 6.62. The van der Waals surface area contributed by atoms with Crippen LogP contribution in [0.1, 0.15) is 18.1 Å². The molecule has 0 unspecified atom stereocenters. The Balaban J connectivity index is 1.54. The molecule has 4 rings (SSSR count). The molecule has 0 bridgehead atoms. The normalized spacial score (nSPS) is 11.4. The SMILES string of the molecule is COc1ccc(-n2c(SCC(=O)N/N=C(/C)c3cccc(Br)c3)nnc2-c2ccc(C)cc2)cc1. The third kappa shape index (κ3) is 6.17. The van der Waals surface area contributed by atoms with Crippen molar-refractivity contribution in [1.29, 1.82) is 0 Å². The van der Waals surface area contributed by atoms with Crippen molar-refractivity contribution in [2.75, 3.05) is 12.9 Å². The number of hydrogen-bond donors (Lipinski definition) is 1. The Bertz CT molecular complexity index is 1350. The molecule has 0 aliphatic rings. The highest BCUT2D eigenvalue weighted by Crippen LogP contribution is 2.29. The van der Waals surface area contributed by atoms with Gasteiger partial charge in [0, 0.05) is 15.7 Å². The number of nitrogens with one attached hydrogen (secondary N) is 1. The van der Waals surface area contributed by atoms with Gasteiger partial charge in [0.2, 0.25) is 0 Å². The van der Waals surface area contributed by atoms with Gasteiger partial charge >= 0.3 is 0 Å². The van der Waals surface area contributed by atoms with Crippen LogP contribution in [0.5, 0.6) is 5.75 Å². The van der Waals surface area contributed by atoms with Crippen molar-refractivity contribution in [2.24, 2.45) is 5.10 Å². The molecule has 3 aromatic carbocycles. The van der Waals surface area contributed by atoms with Gasteiger partial charge in [-0.3, -0.25) is 9.36 Å². The van der Waals surface area contributed by atoms with E-state index in [9.17, 15) is 4.79 Å². The summed E-state index contributed by atoms with van der Waals surface area (Å²) in [5.41, 5.74) is 7.24. The van der Waals surface area contributed by atoms with E-state index in [1.54, 1.807) is 7.11 Å². The average Bonchev–Trinajstić information content (AvgIpc) is 3.30. The molecular formula is C26H24BrN5O2S. The summed E-state index contributed by atoms with van der Waals surface area (Å²) < 4.78 is 8.19. The van der Waals surface area contributed by atoms with Crippen LogP contribution in [0.3, 0.4) is 0 Å². The maximum absolute atomic E-state index is 12.5. The Morgan fingerprint density at radius 2 is 1.83 bits per heavy atom. The number of amides is 1. The number of hydrogen-bond acceptors (Lipinski definition) is 6. The summed E-state index contributed by atoms with van der Waals surface area (Å²) >= 11 is 4.75. The summed E-state index contributed by atoms with van der Waals surface area (Å²) in [6, 6.07) is 23.5. The molecule has 7 nitrogen and oxygen atoms in total. The summed E-state index contributed by atoms with van der Waals surface area (Å²) in [7, 11) is 1.63. The standard InChI is InChI=1S/C26H24BrN5O2S/c1-17-7-9-19(10-8-17)25-30-31-26(32(25)22-11-13-23(34-3)14-12-22)35-16-24(33)29-28-18(2)20-5-4-6-21(27)15-20/h4-15H,16H2,1-3H3,(H,29,33)/b28-18-. The largest absolute Gasteiger partial charge is 0.497 e. The van der Waals surface area contributed by atoms with Crippen molar-refractivity contribution >= 4 is 39.3 Å². The smallest absolute Gasteiger partial charge is 0.250 e. The van der Waals surface area contributed by atoms with Crippen LogP contribution in [0.4, 0.5) is 0 Å². The van der Waals surface area contributed by atoms with Crippen LogP contribution < -0.4 is 10.2 Å². The number of nitrogens with zero attached hydrogens (tertiary/aromatic N) is 4. The molecule has 1 amide bonds. The monoisotopic (exact) mass is 549 g/mol. The van der Waals surface area contributed by atoms with Crippen molar-refractivity contribution in [3.63, 3.8) is 0 Å². The van der Waals surface area contributed by atoms with Gasteiger partial charge < -0.3 is 4.74 Å². The minimum Gasteiger partial charge on any atom is -0.497 e. The topological polar surface area (TPSA) is 81.4 Å². The predicted octanol–water partition coefficient (Wildman–Crippen LogP) is 5.65. The number of ether oxygens (including phenoxy) is 1. The number of aryl methyl sites for hydroxylation is 1. The predicted molar refractivity (Wildman–Crippen MR) is 143 cm³/mol.